The molecule has 1 aromatic heterocycles. The number of imidazole rings is 1. The minimum absolute atomic E-state index is 0.152. The maximum atomic E-state index is 10.7. The molecule has 0 saturated heterocycles. The van der Waals surface area contributed by atoms with Crippen LogP contribution >= 0.6 is 0 Å². The molecule has 0 bridgehead atoms. The zero-order chi connectivity index (χ0) is 12.0. The van der Waals surface area contributed by atoms with Gasteiger partial charge < -0.3 is 15.1 Å². The van der Waals surface area contributed by atoms with Crippen molar-refractivity contribution in [3.8, 4) is 0 Å². The van der Waals surface area contributed by atoms with Crippen molar-refractivity contribution < 1.29 is 9.90 Å². The summed E-state index contributed by atoms with van der Waals surface area (Å²) in [4.78, 5) is 25.6. The Morgan fingerprint density at radius 3 is 2.06 bits per heavy atom. The van der Waals surface area contributed by atoms with Crippen molar-refractivity contribution in [1.29, 1.82) is 0 Å². The van der Waals surface area contributed by atoms with E-state index in [1.807, 2.05) is 31.2 Å². The van der Waals surface area contributed by atoms with Crippen LogP contribution in [-0.4, -0.2) is 21.0 Å². The highest BCUT2D eigenvalue weighted by Gasteiger charge is 1.92. The van der Waals surface area contributed by atoms with Crippen LogP contribution < -0.4 is 5.69 Å². The Bertz CT molecular complexity index is 477. The summed E-state index contributed by atoms with van der Waals surface area (Å²) in [7, 11) is 0. The van der Waals surface area contributed by atoms with Crippen molar-refractivity contribution in [1.82, 2.24) is 9.97 Å². The van der Waals surface area contributed by atoms with Crippen molar-refractivity contribution in [3.05, 3.63) is 34.7 Å². The molecule has 0 aliphatic carbocycles. The fraction of sp³-hybridized carbons (Fsp3) is 0.273. The van der Waals surface area contributed by atoms with Crippen LogP contribution in [0.15, 0.2) is 29.1 Å². The summed E-state index contributed by atoms with van der Waals surface area (Å²) in [5.74, 6) is -0.711. The summed E-state index contributed by atoms with van der Waals surface area (Å²) in [6, 6.07) is 7.47. The first-order valence-electron chi connectivity index (χ1n) is 5.02. The highest BCUT2D eigenvalue weighted by Crippen LogP contribution is 2.03. The van der Waals surface area contributed by atoms with Crippen molar-refractivity contribution in [2.45, 2.75) is 19.8 Å². The number of aromatic nitrogens is 2. The van der Waals surface area contributed by atoms with E-state index in [-0.39, 0.29) is 5.69 Å². The van der Waals surface area contributed by atoms with Crippen LogP contribution in [-0.2, 0) is 4.79 Å². The molecule has 1 aromatic carbocycles. The maximum absolute atomic E-state index is 10.7. The van der Waals surface area contributed by atoms with E-state index in [2.05, 4.69) is 9.97 Å². The second kappa shape index (κ2) is 5.75. The molecule has 1 heterocycles. The fourth-order valence-electron chi connectivity index (χ4n) is 1.19. The molecule has 2 rings (SSSR count). The van der Waals surface area contributed by atoms with E-state index in [9.17, 15) is 9.59 Å². The Morgan fingerprint density at radius 1 is 1.25 bits per heavy atom. The maximum Gasteiger partial charge on any atom is 0.323 e. The SMILES string of the molecule is CCCC(=O)O.O=c1[nH]c2ccccc2[nH]1. The Balaban J connectivity index is 0.000000187. The summed E-state index contributed by atoms with van der Waals surface area (Å²) in [5, 5.41) is 7.91. The van der Waals surface area contributed by atoms with E-state index >= 15 is 0 Å². The molecule has 5 nitrogen and oxygen atoms in total. The number of rotatable bonds is 2. The van der Waals surface area contributed by atoms with Crippen molar-refractivity contribution in [3.63, 3.8) is 0 Å². The molecular weight excluding hydrogens is 208 g/mol. The molecule has 3 N–H and O–H groups in total. The molecule has 0 fully saturated rings. The van der Waals surface area contributed by atoms with Gasteiger partial charge in [-0.3, -0.25) is 4.79 Å². The molecular formula is C11H14N2O3. The molecule has 0 unspecified atom stereocenters. The molecule has 2 aromatic rings. The number of H-pyrrole nitrogens is 2. The number of para-hydroxylation sites is 2. The lowest BCUT2D eigenvalue weighted by molar-refractivity contribution is -0.137. The quantitative estimate of drug-likeness (QED) is 0.723. The van der Waals surface area contributed by atoms with Gasteiger partial charge in [-0.05, 0) is 18.6 Å². The Kier molecular flexibility index (Phi) is 4.32. The van der Waals surface area contributed by atoms with Crippen molar-refractivity contribution in [2.75, 3.05) is 0 Å². The third kappa shape index (κ3) is 3.61. The van der Waals surface area contributed by atoms with E-state index < -0.39 is 5.97 Å². The normalized spacial score (nSPS) is 9.56. The number of aliphatic carboxylic acids is 1. The van der Waals surface area contributed by atoms with Gasteiger partial charge >= 0.3 is 11.7 Å². The van der Waals surface area contributed by atoms with E-state index in [1.165, 1.54) is 0 Å². The van der Waals surface area contributed by atoms with Gasteiger partial charge in [0.05, 0.1) is 11.0 Å². The zero-order valence-electron chi connectivity index (χ0n) is 8.99. The Labute approximate surface area is 92.1 Å². The lowest BCUT2D eigenvalue weighted by atomic mass is 10.3. The number of carboxylic acids is 1. The number of carboxylic acid groups (broad SMARTS) is 1. The van der Waals surface area contributed by atoms with Crippen LogP contribution in [0.1, 0.15) is 19.8 Å². The largest absolute Gasteiger partial charge is 0.481 e. The third-order valence-electron chi connectivity index (χ3n) is 1.89. The number of nitrogens with one attached hydrogen (secondary N) is 2. The van der Waals surface area contributed by atoms with Gasteiger partial charge in [0.2, 0.25) is 0 Å². The van der Waals surface area contributed by atoms with Gasteiger partial charge in [0, 0.05) is 6.42 Å². The van der Waals surface area contributed by atoms with Crippen LogP contribution in [0.5, 0.6) is 0 Å². The second-order valence-corrected chi connectivity index (χ2v) is 3.27. The van der Waals surface area contributed by atoms with Crippen LogP contribution in [0.4, 0.5) is 0 Å². The number of carbonyl (C=O) groups is 1. The molecule has 5 heteroatoms. The lowest BCUT2D eigenvalue weighted by Gasteiger charge is -1.81. The molecule has 0 aliphatic rings. The summed E-state index contributed by atoms with van der Waals surface area (Å²) in [6.07, 6.45) is 1.02. The van der Waals surface area contributed by atoms with Crippen molar-refractivity contribution >= 4 is 17.0 Å². The van der Waals surface area contributed by atoms with E-state index in [1.54, 1.807) is 0 Å². The van der Waals surface area contributed by atoms with E-state index in [0.29, 0.717) is 6.42 Å². The Morgan fingerprint density at radius 2 is 1.75 bits per heavy atom. The number of benzene rings is 1. The minimum Gasteiger partial charge on any atom is -0.481 e. The number of fused-ring (bicyclic) bond motifs is 1. The first kappa shape index (κ1) is 12.0. The minimum atomic E-state index is -0.711. The monoisotopic (exact) mass is 222 g/mol. The highest BCUT2D eigenvalue weighted by molar-refractivity contribution is 5.73. The van der Waals surface area contributed by atoms with Gasteiger partial charge in [-0.15, -0.1) is 0 Å². The van der Waals surface area contributed by atoms with E-state index in [0.717, 1.165) is 17.5 Å². The topological polar surface area (TPSA) is 85.9 Å². The standard InChI is InChI=1S/C7H6N2O.C4H8O2/c10-7-8-5-3-1-2-4-6(5)9-7;1-2-3-4(5)6/h1-4H,(H2,8,9,10);2-3H2,1H3,(H,5,6). The van der Waals surface area contributed by atoms with Crippen LogP contribution in [0.25, 0.3) is 11.0 Å². The van der Waals surface area contributed by atoms with Gasteiger partial charge in [0.25, 0.3) is 0 Å². The van der Waals surface area contributed by atoms with Crippen LogP contribution in [0.2, 0.25) is 0 Å². The summed E-state index contributed by atoms with van der Waals surface area (Å²) in [6.45, 7) is 1.84. The molecule has 86 valence electrons. The Hall–Kier alpha value is -2.04. The second-order valence-electron chi connectivity index (χ2n) is 3.27. The lowest BCUT2D eigenvalue weighted by Crippen LogP contribution is -1.99. The molecule has 0 aliphatic heterocycles. The average Bonchev–Trinajstić information content (AvgIpc) is 2.58. The fourth-order valence-corrected chi connectivity index (χ4v) is 1.19. The summed E-state index contributed by atoms with van der Waals surface area (Å²) in [5.41, 5.74) is 1.56. The summed E-state index contributed by atoms with van der Waals surface area (Å²) < 4.78 is 0. The van der Waals surface area contributed by atoms with Gasteiger partial charge in [0.1, 0.15) is 0 Å². The third-order valence-corrected chi connectivity index (χ3v) is 1.89. The van der Waals surface area contributed by atoms with Gasteiger partial charge in [-0.2, -0.15) is 0 Å². The summed E-state index contributed by atoms with van der Waals surface area (Å²) >= 11 is 0. The highest BCUT2D eigenvalue weighted by atomic mass is 16.4. The number of hydrogen-bond acceptors (Lipinski definition) is 2. The average molecular weight is 222 g/mol. The van der Waals surface area contributed by atoms with Crippen LogP contribution in [0, 0.1) is 0 Å². The number of hydrogen-bond donors (Lipinski definition) is 3. The first-order valence-corrected chi connectivity index (χ1v) is 5.02. The van der Waals surface area contributed by atoms with Gasteiger partial charge in [-0.1, -0.05) is 19.1 Å². The molecule has 16 heavy (non-hydrogen) atoms. The van der Waals surface area contributed by atoms with Gasteiger partial charge in [-0.25, -0.2) is 4.79 Å². The van der Waals surface area contributed by atoms with Gasteiger partial charge in [0.15, 0.2) is 0 Å². The van der Waals surface area contributed by atoms with E-state index in [4.69, 9.17) is 5.11 Å². The smallest absolute Gasteiger partial charge is 0.323 e. The van der Waals surface area contributed by atoms with Crippen LogP contribution in [0.3, 0.4) is 0 Å². The molecule has 0 amide bonds. The first-order chi connectivity index (χ1) is 7.63. The molecule has 0 atom stereocenters. The molecule has 0 spiro atoms. The molecule has 0 radical (unpaired) electrons. The molecule has 0 saturated carbocycles. The zero-order valence-corrected chi connectivity index (χ0v) is 8.99. The number of aromatic amines is 2. The van der Waals surface area contributed by atoms with Crippen molar-refractivity contribution in [2.24, 2.45) is 0 Å². The predicted molar refractivity (Wildman–Crippen MR) is 61.5 cm³/mol. The predicted octanol–water partition coefficient (Wildman–Crippen LogP) is 1.73.